The van der Waals surface area contributed by atoms with E-state index in [0.717, 1.165) is 13.0 Å². The smallest absolute Gasteiger partial charge is 0.0949 e. The highest BCUT2D eigenvalue weighted by Gasteiger charge is 2.20. The molecule has 0 amide bonds. The monoisotopic (exact) mass is 264 g/mol. The van der Waals surface area contributed by atoms with Crippen LogP contribution in [0.25, 0.3) is 0 Å². The van der Waals surface area contributed by atoms with E-state index in [1.807, 2.05) is 12.5 Å². The first-order valence-electron chi connectivity index (χ1n) is 7.57. The molecular weight excluding hydrogens is 236 g/mol. The van der Waals surface area contributed by atoms with Crippen molar-refractivity contribution in [3.63, 3.8) is 0 Å². The zero-order valence-electron chi connectivity index (χ0n) is 12.5. The van der Waals surface area contributed by atoms with E-state index in [1.165, 1.54) is 31.6 Å². The molecule has 2 heterocycles. The fourth-order valence-corrected chi connectivity index (χ4v) is 3.00. The molecule has 4 nitrogen and oxygen atoms in total. The van der Waals surface area contributed by atoms with Crippen LogP contribution in [-0.2, 0) is 6.54 Å². The van der Waals surface area contributed by atoms with E-state index in [-0.39, 0.29) is 6.04 Å². The topological polar surface area (TPSA) is 47.1 Å². The van der Waals surface area contributed by atoms with E-state index in [0.29, 0.717) is 12.0 Å². The molecule has 1 aromatic rings. The van der Waals surface area contributed by atoms with E-state index in [2.05, 4.69) is 35.2 Å². The minimum atomic E-state index is 0.105. The van der Waals surface area contributed by atoms with Crippen LogP contribution in [0.15, 0.2) is 12.5 Å². The summed E-state index contributed by atoms with van der Waals surface area (Å²) in [4.78, 5) is 6.86. The van der Waals surface area contributed by atoms with E-state index < -0.39 is 0 Å². The Morgan fingerprint density at radius 2 is 1.95 bits per heavy atom. The van der Waals surface area contributed by atoms with E-state index in [1.54, 1.807) is 0 Å². The zero-order valence-corrected chi connectivity index (χ0v) is 12.5. The summed E-state index contributed by atoms with van der Waals surface area (Å²) in [6.07, 6.45) is 7.57. The average Bonchev–Trinajstić information content (AvgIpc) is 2.98. The molecule has 1 fully saturated rings. The maximum Gasteiger partial charge on any atom is 0.0949 e. The number of likely N-dealkylation sites (tertiary alicyclic amines) is 1. The van der Waals surface area contributed by atoms with Crippen molar-refractivity contribution in [2.75, 3.05) is 13.1 Å². The second-order valence-corrected chi connectivity index (χ2v) is 6.30. The molecule has 4 heteroatoms. The SMILES string of the molecule is CC(C)CC(N)c1cncn1CC(C)N1CCCC1. The van der Waals surface area contributed by atoms with Crippen molar-refractivity contribution in [2.24, 2.45) is 11.7 Å². The largest absolute Gasteiger partial charge is 0.332 e. The van der Waals surface area contributed by atoms with Crippen molar-refractivity contribution >= 4 is 0 Å². The lowest BCUT2D eigenvalue weighted by atomic mass is 10.0. The molecule has 0 bridgehead atoms. The molecule has 2 unspecified atom stereocenters. The van der Waals surface area contributed by atoms with Crippen molar-refractivity contribution in [3.05, 3.63) is 18.2 Å². The van der Waals surface area contributed by atoms with Gasteiger partial charge in [-0.15, -0.1) is 0 Å². The molecule has 0 spiro atoms. The van der Waals surface area contributed by atoms with Gasteiger partial charge in [0.1, 0.15) is 0 Å². The first-order chi connectivity index (χ1) is 9.08. The molecule has 1 aliphatic heterocycles. The Kier molecular flexibility index (Phi) is 4.99. The summed E-state index contributed by atoms with van der Waals surface area (Å²) in [5.41, 5.74) is 7.48. The summed E-state index contributed by atoms with van der Waals surface area (Å²) in [6, 6.07) is 0.676. The number of aromatic nitrogens is 2. The van der Waals surface area contributed by atoms with Gasteiger partial charge in [-0.1, -0.05) is 13.8 Å². The third kappa shape index (κ3) is 3.80. The Bertz CT molecular complexity index is 379. The van der Waals surface area contributed by atoms with Crippen molar-refractivity contribution < 1.29 is 0 Å². The molecule has 0 aliphatic carbocycles. The van der Waals surface area contributed by atoms with Gasteiger partial charge in [0.2, 0.25) is 0 Å². The molecule has 0 saturated carbocycles. The lowest BCUT2D eigenvalue weighted by Gasteiger charge is -2.25. The van der Waals surface area contributed by atoms with Gasteiger partial charge < -0.3 is 10.3 Å². The predicted molar refractivity (Wildman–Crippen MR) is 78.9 cm³/mol. The van der Waals surface area contributed by atoms with Gasteiger partial charge in [-0.3, -0.25) is 4.90 Å². The van der Waals surface area contributed by atoms with Crippen molar-refractivity contribution in [1.82, 2.24) is 14.5 Å². The van der Waals surface area contributed by atoms with E-state index in [9.17, 15) is 0 Å². The Balaban J connectivity index is 1.98. The summed E-state index contributed by atoms with van der Waals surface area (Å²) < 4.78 is 2.25. The Morgan fingerprint density at radius 3 is 2.58 bits per heavy atom. The number of hydrogen-bond acceptors (Lipinski definition) is 3. The predicted octanol–water partition coefficient (Wildman–Crippen LogP) is 2.41. The summed E-state index contributed by atoms with van der Waals surface area (Å²) in [6.45, 7) is 10.2. The zero-order chi connectivity index (χ0) is 13.8. The molecule has 19 heavy (non-hydrogen) atoms. The standard InChI is InChI=1S/C15H28N4/c1-12(2)8-14(16)15-9-17-11-19(15)10-13(3)18-6-4-5-7-18/h9,11-14H,4-8,10,16H2,1-3H3. The van der Waals surface area contributed by atoms with Crippen LogP contribution in [0.5, 0.6) is 0 Å². The first kappa shape index (κ1) is 14.5. The van der Waals surface area contributed by atoms with Gasteiger partial charge in [0, 0.05) is 24.8 Å². The van der Waals surface area contributed by atoms with Crippen LogP contribution >= 0.6 is 0 Å². The number of hydrogen-bond donors (Lipinski definition) is 1. The summed E-state index contributed by atoms with van der Waals surface area (Å²) >= 11 is 0. The number of rotatable bonds is 6. The van der Waals surface area contributed by atoms with Gasteiger partial charge in [-0.25, -0.2) is 4.98 Å². The molecule has 0 aromatic carbocycles. The lowest BCUT2D eigenvalue weighted by Crippen LogP contribution is -2.34. The van der Waals surface area contributed by atoms with Crippen LogP contribution in [0.1, 0.15) is 51.8 Å². The number of nitrogens with two attached hydrogens (primary N) is 1. The summed E-state index contributed by atoms with van der Waals surface area (Å²) in [7, 11) is 0. The van der Waals surface area contributed by atoms with Crippen LogP contribution in [0.4, 0.5) is 0 Å². The van der Waals surface area contributed by atoms with Crippen molar-refractivity contribution in [1.29, 1.82) is 0 Å². The highest BCUT2D eigenvalue weighted by molar-refractivity contribution is 5.05. The molecule has 108 valence electrons. The van der Waals surface area contributed by atoms with Gasteiger partial charge in [-0.2, -0.15) is 0 Å². The fraction of sp³-hybridized carbons (Fsp3) is 0.800. The van der Waals surface area contributed by atoms with Gasteiger partial charge in [0.05, 0.1) is 12.0 Å². The first-order valence-corrected chi connectivity index (χ1v) is 7.57. The summed E-state index contributed by atoms with van der Waals surface area (Å²) in [5, 5.41) is 0. The Labute approximate surface area is 117 Å². The molecule has 2 rings (SSSR count). The molecule has 1 aliphatic rings. The van der Waals surface area contributed by atoms with Crippen LogP contribution in [0, 0.1) is 5.92 Å². The Morgan fingerprint density at radius 1 is 1.26 bits per heavy atom. The number of imidazole rings is 1. The second-order valence-electron chi connectivity index (χ2n) is 6.30. The third-order valence-corrected chi connectivity index (χ3v) is 4.07. The second kappa shape index (κ2) is 6.53. The minimum absolute atomic E-state index is 0.105. The highest BCUT2D eigenvalue weighted by atomic mass is 15.2. The van der Waals surface area contributed by atoms with E-state index in [4.69, 9.17) is 5.73 Å². The van der Waals surface area contributed by atoms with E-state index >= 15 is 0 Å². The average molecular weight is 264 g/mol. The quantitative estimate of drug-likeness (QED) is 0.858. The summed E-state index contributed by atoms with van der Waals surface area (Å²) in [5.74, 6) is 0.620. The molecule has 2 N–H and O–H groups in total. The maximum absolute atomic E-state index is 6.30. The van der Waals surface area contributed by atoms with Crippen LogP contribution < -0.4 is 5.73 Å². The van der Waals surface area contributed by atoms with Gasteiger partial charge >= 0.3 is 0 Å². The van der Waals surface area contributed by atoms with Gasteiger partial charge in [-0.05, 0) is 45.2 Å². The van der Waals surface area contributed by atoms with Crippen LogP contribution in [0.3, 0.4) is 0 Å². The highest BCUT2D eigenvalue weighted by Crippen LogP contribution is 2.20. The van der Waals surface area contributed by atoms with Crippen molar-refractivity contribution in [2.45, 2.75) is 58.7 Å². The van der Waals surface area contributed by atoms with Gasteiger partial charge in [0.25, 0.3) is 0 Å². The lowest BCUT2D eigenvalue weighted by molar-refractivity contribution is 0.233. The van der Waals surface area contributed by atoms with Gasteiger partial charge in [0.15, 0.2) is 0 Å². The normalized spacial score (nSPS) is 20.1. The molecule has 1 saturated heterocycles. The maximum atomic E-state index is 6.30. The third-order valence-electron chi connectivity index (χ3n) is 4.07. The van der Waals surface area contributed by atoms with Crippen LogP contribution in [-0.4, -0.2) is 33.6 Å². The Hall–Kier alpha value is -0.870. The minimum Gasteiger partial charge on any atom is -0.332 e. The fourth-order valence-electron chi connectivity index (χ4n) is 3.00. The molecular formula is C15H28N4. The number of nitrogens with zero attached hydrogens (tertiary/aromatic N) is 3. The van der Waals surface area contributed by atoms with Crippen molar-refractivity contribution in [3.8, 4) is 0 Å². The molecule has 2 atom stereocenters. The molecule has 1 aromatic heterocycles. The van der Waals surface area contributed by atoms with Crippen LogP contribution in [0.2, 0.25) is 0 Å². The molecule has 0 radical (unpaired) electrons.